The molecule has 15 heavy (non-hydrogen) atoms. The average Bonchev–Trinajstić information content (AvgIpc) is 2.98. The van der Waals surface area contributed by atoms with Crippen LogP contribution in [0.3, 0.4) is 0 Å². The Labute approximate surface area is 90.2 Å². The molecule has 3 unspecified atom stereocenters. The number of hydrogen-bond acceptors (Lipinski definition) is 2. The number of epoxide rings is 1. The summed E-state index contributed by atoms with van der Waals surface area (Å²) in [4.78, 5) is 0. The molecule has 2 aliphatic heterocycles. The van der Waals surface area contributed by atoms with Crippen LogP contribution in [-0.4, -0.2) is 11.7 Å². The average molecular weight is 204 g/mol. The second kappa shape index (κ2) is 2.76. The lowest BCUT2D eigenvalue weighted by atomic mass is 9.84. The maximum absolute atomic E-state index is 6.11. The van der Waals surface area contributed by atoms with Gasteiger partial charge in [0.2, 0.25) is 0 Å². The molecule has 80 valence electrons. The Kier molecular flexibility index (Phi) is 1.70. The second-order valence-electron chi connectivity index (χ2n) is 4.96. The summed E-state index contributed by atoms with van der Waals surface area (Å²) in [5.41, 5.74) is 1.04. The highest BCUT2D eigenvalue weighted by molar-refractivity contribution is 5.42. The molecule has 0 N–H and O–H groups in total. The SMILES string of the molecule is CC(C)C1(C)Oc2ccccc2C2OC21. The smallest absolute Gasteiger partial charge is 0.137 e. The number of benzene rings is 1. The minimum absolute atomic E-state index is 0.168. The summed E-state index contributed by atoms with van der Waals surface area (Å²) in [6, 6.07) is 8.19. The lowest BCUT2D eigenvalue weighted by molar-refractivity contribution is 0.0103. The van der Waals surface area contributed by atoms with Crippen molar-refractivity contribution in [1.82, 2.24) is 0 Å². The minimum Gasteiger partial charge on any atom is -0.484 e. The van der Waals surface area contributed by atoms with Crippen molar-refractivity contribution >= 4 is 0 Å². The maximum Gasteiger partial charge on any atom is 0.137 e. The molecule has 2 heteroatoms. The van der Waals surface area contributed by atoms with Gasteiger partial charge in [-0.1, -0.05) is 32.0 Å². The van der Waals surface area contributed by atoms with E-state index in [9.17, 15) is 0 Å². The van der Waals surface area contributed by atoms with E-state index in [1.165, 1.54) is 5.56 Å². The fourth-order valence-electron chi connectivity index (χ4n) is 2.33. The van der Waals surface area contributed by atoms with Crippen molar-refractivity contribution in [3.05, 3.63) is 29.8 Å². The van der Waals surface area contributed by atoms with Crippen molar-refractivity contribution in [3.63, 3.8) is 0 Å². The molecular weight excluding hydrogens is 188 g/mol. The summed E-state index contributed by atoms with van der Waals surface area (Å²) in [6.45, 7) is 6.53. The van der Waals surface area contributed by atoms with Gasteiger partial charge in [-0.25, -0.2) is 0 Å². The fourth-order valence-corrected chi connectivity index (χ4v) is 2.33. The quantitative estimate of drug-likeness (QED) is 0.656. The predicted octanol–water partition coefficient (Wildman–Crippen LogP) is 2.93. The summed E-state index contributed by atoms with van der Waals surface area (Å²) in [5.74, 6) is 1.45. The van der Waals surface area contributed by atoms with Crippen molar-refractivity contribution in [2.75, 3.05) is 0 Å². The van der Waals surface area contributed by atoms with Crippen molar-refractivity contribution in [2.24, 2.45) is 5.92 Å². The molecule has 0 aliphatic carbocycles. The molecule has 0 aromatic heterocycles. The molecule has 2 heterocycles. The monoisotopic (exact) mass is 204 g/mol. The molecule has 2 aliphatic rings. The second-order valence-corrected chi connectivity index (χ2v) is 4.96. The van der Waals surface area contributed by atoms with Crippen LogP contribution in [0, 0.1) is 5.92 Å². The van der Waals surface area contributed by atoms with Crippen LogP contribution in [0.25, 0.3) is 0 Å². The highest BCUT2D eigenvalue weighted by Gasteiger charge is 2.59. The summed E-state index contributed by atoms with van der Waals surface area (Å²) in [7, 11) is 0. The molecule has 0 saturated carbocycles. The first-order chi connectivity index (χ1) is 7.13. The Morgan fingerprint density at radius 1 is 1.27 bits per heavy atom. The third-order valence-corrected chi connectivity index (χ3v) is 3.76. The molecule has 2 nitrogen and oxygen atoms in total. The van der Waals surface area contributed by atoms with Crippen LogP contribution in [0.4, 0.5) is 0 Å². The van der Waals surface area contributed by atoms with Crippen molar-refractivity contribution in [1.29, 1.82) is 0 Å². The first kappa shape index (κ1) is 9.22. The van der Waals surface area contributed by atoms with Gasteiger partial charge in [0.05, 0.1) is 0 Å². The molecule has 0 radical (unpaired) electrons. The molecule has 0 spiro atoms. The van der Waals surface area contributed by atoms with Crippen molar-refractivity contribution in [2.45, 2.75) is 38.6 Å². The minimum atomic E-state index is -0.168. The Morgan fingerprint density at radius 2 is 2.00 bits per heavy atom. The van der Waals surface area contributed by atoms with Crippen LogP contribution in [0.1, 0.15) is 32.4 Å². The number of rotatable bonds is 1. The van der Waals surface area contributed by atoms with Crippen LogP contribution < -0.4 is 4.74 Å². The summed E-state index contributed by atoms with van der Waals surface area (Å²) >= 11 is 0. The largest absolute Gasteiger partial charge is 0.484 e. The van der Waals surface area contributed by atoms with Crippen LogP contribution in [0.15, 0.2) is 24.3 Å². The van der Waals surface area contributed by atoms with E-state index in [1.54, 1.807) is 0 Å². The van der Waals surface area contributed by atoms with Gasteiger partial charge in [-0.2, -0.15) is 0 Å². The molecule has 1 aromatic carbocycles. The number of fused-ring (bicyclic) bond motifs is 3. The van der Waals surface area contributed by atoms with E-state index in [4.69, 9.17) is 9.47 Å². The molecule has 0 amide bonds. The molecule has 3 rings (SSSR count). The topological polar surface area (TPSA) is 21.8 Å². The van der Waals surface area contributed by atoms with Gasteiger partial charge in [-0.05, 0) is 18.9 Å². The van der Waals surface area contributed by atoms with Crippen molar-refractivity contribution in [3.8, 4) is 5.75 Å². The van der Waals surface area contributed by atoms with E-state index in [-0.39, 0.29) is 17.8 Å². The van der Waals surface area contributed by atoms with E-state index < -0.39 is 0 Å². The van der Waals surface area contributed by atoms with Crippen LogP contribution in [0.5, 0.6) is 5.75 Å². The third kappa shape index (κ3) is 1.14. The molecule has 3 atom stereocenters. The zero-order valence-electron chi connectivity index (χ0n) is 9.36. The van der Waals surface area contributed by atoms with E-state index in [1.807, 2.05) is 18.2 Å². The fraction of sp³-hybridized carbons (Fsp3) is 0.538. The summed E-state index contributed by atoms with van der Waals surface area (Å²) in [5, 5.41) is 0. The first-order valence-electron chi connectivity index (χ1n) is 5.56. The summed E-state index contributed by atoms with van der Waals surface area (Å²) < 4.78 is 11.9. The highest BCUT2D eigenvalue weighted by atomic mass is 16.6. The van der Waals surface area contributed by atoms with Gasteiger partial charge in [0, 0.05) is 5.56 Å². The Hall–Kier alpha value is -1.02. The van der Waals surface area contributed by atoms with E-state index in [0.717, 1.165) is 5.75 Å². The lowest BCUT2D eigenvalue weighted by Gasteiger charge is -2.36. The maximum atomic E-state index is 6.11. The highest BCUT2D eigenvalue weighted by Crippen LogP contribution is 2.55. The first-order valence-corrected chi connectivity index (χ1v) is 5.56. The van der Waals surface area contributed by atoms with Gasteiger partial charge in [0.15, 0.2) is 0 Å². The summed E-state index contributed by atoms with van der Waals surface area (Å²) in [6.07, 6.45) is 0.509. The molecule has 1 aromatic rings. The van der Waals surface area contributed by atoms with Gasteiger partial charge in [0.25, 0.3) is 0 Å². The van der Waals surface area contributed by atoms with Gasteiger partial charge >= 0.3 is 0 Å². The molecular formula is C13H16O2. The molecule has 0 bridgehead atoms. The van der Waals surface area contributed by atoms with Gasteiger partial charge in [-0.3, -0.25) is 0 Å². The zero-order valence-corrected chi connectivity index (χ0v) is 9.36. The predicted molar refractivity (Wildman–Crippen MR) is 57.9 cm³/mol. The Bertz CT molecular complexity index is 399. The Morgan fingerprint density at radius 3 is 2.73 bits per heavy atom. The van der Waals surface area contributed by atoms with Crippen LogP contribution in [0.2, 0.25) is 0 Å². The van der Waals surface area contributed by atoms with Gasteiger partial charge in [0.1, 0.15) is 23.6 Å². The van der Waals surface area contributed by atoms with Crippen LogP contribution >= 0.6 is 0 Å². The molecule has 1 fully saturated rings. The number of hydrogen-bond donors (Lipinski definition) is 0. The third-order valence-electron chi connectivity index (χ3n) is 3.76. The van der Waals surface area contributed by atoms with E-state index in [2.05, 4.69) is 26.8 Å². The number of para-hydroxylation sites is 1. The van der Waals surface area contributed by atoms with Gasteiger partial charge in [-0.15, -0.1) is 0 Å². The normalized spacial score (nSPS) is 36.8. The van der Waals surface area contributed by atoms with Crippen molar-refractivity contribution < 1.29 is 9.47 Å². The molecule has 1 saturated heterocycles. The van der Waals surface area contributed by atoms with Crippen LogP contribution in [-0.2, 0) is 4.74 Å². The Balaban J connectivity index is 2.05. The zero-order chi connectivity index (χ0) is 10.6. The number of ether oxygens (including phenoxy) is 2. The standard InChI is InChI=1S/C13H16O2/c1-8(2)13(3)12-11(14-12)9-6-4-5-7-10(9)15-13/h4-8,11-12H,1-3H3. The van der Waals surface area contributed by atoms with E-state index >= 15 is 0 Å². The van der Waals surface area contributed by atoms with E-state index in [0.29, 0.717) is 5.92 Å². The lowest BCUT2D eigenvalue weighted by Crippen LogP contribution is -2.46. The van der Waals surface area contributed by atoms with Gasteiger partial charge < -0.3 is 9.47 Å².